The van der Waals surface area contributed by atoms with Gasteiger partial charge in [-0.3, -0.25) is 9.78 Å². The molecule has 0 bridgehead atoms. The summed E-state index contributed by atoms with van der Waals surface area (Å²) in [5.74, 6) is 0.876. The van der Waals surface area contributed by atoms with E-state index in [1.54, 1.807) is 12.4 Å². The topological polar surface area (TPSA) is 33.2 Å². The lowest BCUT2D eigenvalue weighted by molar-refractivity contribution is 0.0679. The van der Waals surface area contributed by atoms with Crippen LogP contribution in [-0.2, 0) is 0 Å². The van der Waals surface area contributed by atoms with E-state index in [1.807, 2.05) is 18.0 Å². The van der Waals surface area contributed by atoms with Gasteiger partial charge in [-0.15, -0.1) is 0 Å². The molecule has 1 heterocycles. The third-order valence-corrected chi connectivity index (χ3v) is 4.24. The normalized spacial score (nSPS) is 23.7. The number of amides is 1. The molecule has 0 aliphatic heterocycles. The number of rotatable bonds is 2. The molecule has 0 radical (unpaired) electrons. The van der Waals surface area contributed by atoms with Crippen LogP contribution in [0.5, 0.6) is 0 Å². The maximum absolute atomic E-state index is 12.3. The zero-order chi connectivity index (χ0) is 13.1. The standard InChI is InChI=1S/C14H19BrN2O/c1-10-3-5-13(6-4-10)17(2)14(18)11-7-12(15)9-16-8-11/h7-10,13H,3-6H2,1-2H3. The Labute approximate surface area is 117 Å². The molecular formula is C14H19BrN2O. The van der Waals surface area contributed by atoms with Crippen molar-refractivity contribution in [2.75, 3.05) is 7.05 Å². The quantitative estimate of drug-likeness (QED) is 0.837. The molecule has 18 heavy (non-hydrogen) atoms. The second kappa shape index (κ2) is 5.83. The van der Waals surface area contributed by atoms with E-state index in [0.717, 1.165) is 23.2 Å². The van der Waals surface area contributed by atoms with Crippen molar-refractivity contribution in [1.82, 2.24) is 9.88 Å². The van der Waals surface area contributed by atoms with Crippen LogP contribution in [0.1, 0.15) is 43.0 Å². The summed E-state index contributed by atoms with van der Waals surface area (Å²) >= 11 is 3.35. The maximum Gasteiger partial charge on any atom is 0.255 e. The molecule has 1 saturated carbocycles. The highest BCUT2D eigenvalue weighted by atomic mass is 79.9. The Morgan fingerprint density at radius 3 is 2.61 bits per heavy atom. The van der Waals surface area contributed by atoms with Crippen LogP contribution < -0.4 is 0 Å². The number of carbonyl (C=O) groups is 1. The van der Waals surface area contributed by atoms with Gasteiger partial charge in [-0.05, 0) is 53.6 Å². The Kier molecular flexibility index (Phi) is 4.38. The molecule has 1 aliphatic rings. The van der Waals surface area contributed by atoms with Crippen molar-refractivity contribution in [2.45, 2.75) is 38.6 Å². The van der Waals surface area contributed by atoms with E-state index in [2.05, 4.69) is 27.8 Å². The van der Waals surface area contributed by atoms with Gasteiger partial charge in [-0.1, -0.05) is 6.92 Å². The molecule has 0 unspecified atom stereocenters. The Bertz CT molecular complexity index is 428. The summed E-state index contributed by atoms with van der Waals surface area (Å²) in [5.41, 5.74) is 0.658. The van der Waals surface area contributed by atoms with Crippen molar-refractivity contribution < 1.29 is 4.79 Å². The van der Waals surface area contributed by atoms with Crippen molar-refractivity contribution in [3.8, 4) is 0 Å². The molecule has 1 aromatic rings. The Morgan fingerprint density at radius 2 is 2.00 bits per heavy atom. The van der Waals surface area contributed by atoms with E-state index < -0.39 is 0 Å². The number of nitrogens with zero attached hydrogens (tertiary/aromatic N) is 2. The summed E-state index contributed by atoms with van der Waals surface area (Å²) in [6, 6.07) is 2.21. The number of carbonyl (C=O) groups excluding carboxylic acids is 1. The molecule has 2 rings (SSSR count). The third kappa shape index (κ3) is 3.10. The predicted octanol–water partition coefficient (Wildman–Crippen LogP) is 3.49. The van der Waals surface area contributed by atoms with Crippen molar-refractivity contribution >= 4 is 21.8 Å². The van der Waals surface area contributed by atoms with Gasteiger partial charge in [0, 0.05) is 30.0 Å². The van der Waals surface area contributed by atoms with Crippen molar-refractivity contribution in [1.29, 1.82) is 0 Å². The molecule has 0 aromatic carbocycles. The Balaban J connectivity index is 2.04. The zero-order valence-electron chi connectivity index (χ0n) is 10.9. The van der Waals surface area contributed by atoms with E-state index >= 15 is 0 Å². The smallest absolute Gasteiger partial charge is 0.255 e. The summed E-state index contributed by atoms with van der Waals surface area (Å²) in [4.78, 5) is 18.3. The largest absolute Gasteiger partial charge is 0.339 e. The van der Waals surface area contributed by atoms with Gasteiger partial charge in [-0.2, -0.15) is 0 Å². The van der Waals surface area contributed by atoms with Crippen molar-refractivity contribution in [2.24, 2.45) is 5.92 Å². The van der Waals surface area contributed by atoms with E-state index in [0.29, 0.717) is 11.6 Å². The van der Waals surface area contributed by atoms with E-state index in [9.17, 15) is 4.79 Å². The molecule has 98 valence electrons. The average molecular weight is 311 g/mol. The van der Waals surface area contributed by atoms with Crippen LogP contribution in [-0.4, -0.2) is 28.9 Å². The fourth-order valence-electron chi connectivity index (χ4n) is 2.53. The first-order chi connectivity index (χ1) is 8.58. The van der Waals surface area contributed by atoms with Crippen LogP contribution in [0.4, 0.5) is 0 Å². The molecule has 0 atom stereocenters. The predicted molar refractivity (Wildman–Crippen MR) is 75.5 cm³/mol. The van der Waals surface area contributed by atoms with Gasteiger partial charge in [0.05, 0.1) is 5.56 Å². The second-order valence-corrected chi connectivity index (χ2v) is 6.14. The molecular weight excluding hydrogens is 292 g/mol. The number of halogens is 1. The van der Waals surface area contributed by atoms with Gasteiger partial charge in [0.25, 0.3) is 5.91 Å². The van der Waals surface area contributed by atoms with Crippen LogP contribution >= 0.6 is 15.9 Å². The van der Waals surface area contributed by atoms with Gasteiger partial charge in [0.15, 0.2) is 0 Å². The number of pyridine rings is 1. The molecule has 1 fully saturated rings. The molecule has 0 spiro atoms. The lowest BCUT2D eigenvalue weighted by atomic mass is 9.86. The number of aromatic nitrogens is 1. The summed E-state index contributed by atoms with van der Waals surface area (Å²) < 4.78 is 0.846. The number of hydrogen-bond donors (Lipinski definition) is 0. The average Bonchev–Trinajstić information content (AvgIpc) is 2.38. The molecule has 1 aliphatic carbocycles. The van der Waals surface area contributed by atoms with E-state index in [1.165, 1.54) is 12.8 Å². The summed E-state index contributed by atoms with van der Waals surface area (Å²) in [5, 5.41) is 0. The maximum atomic E-state index is 12.3. The van der Waals surface area contributed by atoms with Gasteiger partial charge >= 0.3 is 0 Å². The van der Waals surface area contributed by atoms with Crippen molar-refractivity contribution in [3.05, 3.63) is 28.5 Å². The lowest BCUT2D eigenvalue weighted by Crippen LogP contribution is -2.39. The first-order valence-electron chi connectivity index (χ1n) is 6.45. The van der Waals surface area contributed by atoms with Gasteiger partial charge in [0.1, 0.15) is 0 Å². The van der Waals surface area contributed by atoms with Gasteiger partial charge < -0.3 is 4.90 Å². The minimum atomic E-state index is 0.0725. The fourth-order valence-corrected chi connectivity index (χ4v) is 2.89. The van der Waals surface area contributed by atoms with Crippen LogP contribution in [0.2, 0.25) is 0 Å². The van der Waals surface area contributed by atoms with E-state index in [-0.39, 0.29) is 5.91 Å². The summed E-state index contributed by atoms with van der Waals surface area (Å²) in [6.45, 7) is 2.29. The SMILES string of the molecule is CC1CCC(N(C)C(=O)c2cncc(Br)c2)CC1. The minimum Gasteiger partial charge on any atom is -0.339 e. The molecule has 3 nitrogen and oxygen atoms in total. The fraction of sp³-hybridized carbons (Fsp3) is 0.571. The number of hydrogen-bond acceptors (Lipinski definition) is 2. The van der Waals surface area contributed by atoms with Crippen LogP contribution in [0.3, 0.4) is 0 Å². The Hall–Kier alpha value is -0.900. The molecule has 0 N–H and O–H groups in total. The second-order valence-electron chi connectivity index (χ2n) is 5.22. The van der Waals surface area contributed by atoms with Crippen LogP contribution in [0, 0.1) is 5.92 Å². The first kappa shape index (κ1) is 13.5. The highest BCUT2D eigenvalue weighted by Gasteiger charge is 2.25. The third-order valence-electron chi connectivity index (χ3n) is 3.81. The van der Waals surface area contributed by atoms with E-state index in [4.69, 9.17) is 0 Å². The minimum absolute atomic E-state index is 0.0725. The molecule has 4 heteroatoms. The highest BCUT2D eigenvalue weighted by Crippen LogP contribution is 2.27. The highest BCUT2D eigenvalue weighted by molar-refractivity contribution is 9.10. The molecule has 1 amide bonds. The Morgan fingerprint density at radius 1 is 1.33 bits per heavy atom. The van der Waals surface area contributed by atoms with Crippen molar-refractivity contribution in [3.63, 3.8) is 0 Å². The van der Waals surface area contributed by atoms with Gasteiger partial charge in [-0.25, -0.2) is 0 Å². The van der Waals surface area contributed by atoms with Crippen LogP contribution in [0.15, 0.2) is 22.9 Å². The van der Waals surface area contributed by atoms with Gasteiger partial charge in [0.2, 0.25) is 0 Å². The lowest BCUT2D eigenvalue weighted by Gasteiger charge is -2.33. The summed E-state index contributed by atoms with van der Waals surface area (Å²) in [7, 11) is 1.91. The molecule has 0 saturated heterocycles. The molecule has 1 aromatic heterocycles. The zero-order valence-corrected chi connectivity index (χ0v) is 12.5. The summed E-state index contributed by atoms with van der Waals surface area (Å²) in [6.07, 6.45) is 8.00. The monoisotopic (exact) mass is 310 g/mol. The van der Waals surface area contributed by atoms with Crippen LogP contribution in [0.25, 0.3) is 0 Å². The first-order valence-corrected chi connectivity index (χ1v) is 7.25.